The second kappa shape index (κ2) is 7.48. The van der Waals surface area contributed by atoms with E-state index in [2.05, 4.69) is 19.2 Å². The molecule has 0 atom stereocenters. The van der Waals surface area contributed by atoms with Crippen LogP contribution < -0.4 is 5.32 Å². The highest BCUT2D eigenvalue weighted by molar-refractivity contribution is 5.94. The van der Waals surface area contributed by atoms with Gasteiger partial charge in [-0.15, -0.1) is 0 Å². The van der Waals surface area contributed by atoms with Crippen LogP contribution in [0.1, 0.15) is 65.2 Å². The average molecular weight is 223 g/mol. The molecule has 0 aliphatic heterocycles. The number of nitrogens with one attached hydrogen (secondary N) is 1. The molecular formula is C14H25NO. The van der Waals surface area contributed by atoms with E-state index in [4.69, 9.17) is 0 Å². The molecule has 0 bridgehead atoms. The minimum absolute atomic E-state index is 0.188. The lowest BCUT2D eigenvalue weighted by molar-refractivity contribution is -0.117. The lowest BCUT2D eigenvalue weighted by Gasteiger charge is -2.15. The van der Waals surface area contributed by atoms with E-state index in [1.54, 1.807) is 0 Å². The Hall–Kier alpha value is -0.790. The molecule has 0 saturated carbocycles. The summed E-state index contributed by atoms with van der Waals surface area (Å²) in [5.74, 6) is 0.188. The third kappa shape index (κ3) is 4.38. The fourth-order valence-corrected chi connectivity index (χ4v) is 2.20. The zero-order valence-corrected chi connectivity index (χ0v) is 10.8. The Balaban J connectivity index is 2.52. The maximum absolute atomic E-state index is 12.0. The van der Waals surface area contributed by atoms with Gasteiger partial charge in [0.2, 0.25) is 5.91 Å². The molecule has 0 aromatic heterocycles. The Labute approximate surface area is 99.5 Å². The van der Waals surface area contributed by atoms with E-state index in [0.29, 0.717) is 0 Å². The third-order valence-electron chi connectivity index (χ3n) is 3.33. The summed E-state index contributed by atoms with van der Waals surface area (Å²) in [6, 6.07) is 0. The summed E-state index contributed by atoms with van der Waals surface area (Å²) in [5.41, 5.74) is 2.38. The van der Waals surface area contributed by atoms with Crippen LogP contribution in [0.15, 0.2) is 11.1 Å². The molecule has 1 N–H and O–H groups in total. The maximum Gasteiger partial charge on any atom is 0.247 e. The number of rotatable bonds is 4. The van der Waals surface area contributed by atoms with Crippen LogP contribution in [-0.4, -0.2) is 12.5 Å². The maximum atomic E-state index is 12.0. The highest BCUT2D eigenvalue weighted by Gasteiger charge is 2.13. The molecule has 1 aliphatic rings. The summed E-state index contributed by atoms with van der Waals surface area (Å²) in [6.07, 6.45) is 9.32. The average Bonchev–Trinajstić information content (AvgIpc) is 2.24. The molecule has 0 aromatic rings. The molecular weight excluding hydrogens is 198 g/mol. The van der Waals surface area contributed by atoms with Gasteiger partial charge in [-0.25, -0.2) is 0 Å². The molecule has 0 spiro atoms. The molecule has 0 heterocycles. The molecule has 16 heavy (non-hydrogen) atoms. The van der Waals surface area contributed by atoms with Gasteiger partial charge >= 0.3 is 0 Å². The summed E-state index contributed by atoms with van der Waals surface area (Å²) in [7, 11) is 0. The molecule has 0 unspecified atom stereocenters. The summed E-state index contributed by atoms with van der Waals surface area (Å²) in [6.45, 7) is 5.10. The second-order valence-corrected chi connectivity index (χ2v) is 4.78. The SMILES string of the molecule is CCCCNC(=O)/C1=C(\C)CCCCCC1. The number of allylic oxidation sites excluding steroid dienone is 1. The van der Waals surface area contributed by atoms with Crippen molar-refractivity contribution < 1.29 is 4.79 Å². The second-order valence-electron chi connectivity index (χ2n) is 4.78. The molecule has 0 radical (unpaired) electrons. The van der Waals surface area contributed by atoms with Crippen molar-refractivity contribution in [2.75, 3.05) is 6.54 Å². The number of amides is 1. The predicted molar refractivity (Wildman–Crippen MR) is 68.3 cm³/mol. The fourth-order valence-electron chi connectivity index (χ4n) is 2.20. The van der Waals surface area contributed by atoms with E-state index in [-0.39, 0.29) is 5.91 Å². The molecule has 92 valence electrons. The van der Waals surface area contributed by atoms with Crippen LogP contribution in [0, 0.1) is 0 Å². The number of unbranched alkanes of at least 4 members (excludes halogenated alkanes) is 1. The van der Waals surface area contributed by atoms with Crippen molar-refractivity contribution in [3.8, 4) is 0 Å². The van der Waals surface area contributed by atoms with Crippen LogP contribution in [0.2, 0.25) is 0 Å². The third-order valence-corrected chi connectivity index (χ3v) is 3.33. The summed E-state index contributed by atoms with van der Waals surface area (Å²) in [4.78, 5) is 12.0. The molecule has 1 aliphatic carbocycles. The van der Waals surface area contributed by atoms with Crippen LogP contribution in [0.3, 0.4) is 0 Å². The van der Waals surface area contributed by atoms with Gasteiger partial charge in [-0.1, -0.05) is 31.8 Å². The number of carbonyl (C=O) groups is 1. The minimum Gasteiger partial charge on any atom is -0.352 e. The molecule has 2 nitrogen and oxygen atoms in total. The van der Waals surface area contributed by atoms with Gasteiger partial charge in [-0.2, -0.15) is 0 Å². The topological polar surface area (TPSA) is 29.1 Å². The normalized spacial score (nSPS) is 22.4. The van der Waals surface area contributed by atoms with E-state index in [0.717, 1.165) is 37.8 Å². The number of hydrogen-bond donors (Lipinski definition) is 1. The Kier molecular flexibility index (Phi) is 6.20. The van der Waals surface area contributed by atoms with E-state index < -0.39 is 0 Å². The summed E-state index contributed by atoms with van der Waals surface area (Å²) < 4.78 is 0. The largest absolute Gasteiger partial charge is 0.352 e. The Morgan fingerprint density at radius 1 is 1.19 bits per heavy atom. The Bertz CT molecular complexity index is 255. The van der Waals surface area contributed by atoms with Crippen LogP contribution in [0.25, 0.3) is 0 Å². The van der Waals surface area contributed by atoms with E-state index >= 15 is 0 Å². The molecule has 0 fully saturated rings. The lowest BCUT2D eigenvalue weighted by Crippen LogP contribution is -2.27. The fraction of sp³-hybridized carbons (Fsp3) is 0.786. The van der Waals surface area contributed by atoms with Crippen LogP contribution in [0.5, 0.6) is 0 Å². The molecule has 2 heteroatoms. The summed E-state index contributed by atoms with van der Waals surface area (Å²) in [5, 5.41) is 3.04. The molecule has 0 aromatic carbocycles. The van der Waals surface area contributed by atoms with Crippen molar-refractivity contribution in [1.29, 1.82) is 0 Å². The van der Waals surface area contributed by atoms with E-state index in [9.17, 15) is 4.79 Å². The monoisotopic (exact) mass is 223 g/mol. The number of carbonyl (C=O) groups excluding carboxylic acids is 1. The standard InChI is InChI=1S/C14H25NO/c1-3-4-11-15-14(16)13-10-8-6-5-7-9-12(13)2/h3-11H2,1-2H3,(H,15,16)/b13-12+. The first-order valence-corrected chi connectivity index (χ1v) is 6.72. The van der Waals surface area contributed by atoms with Gasteiger partial charge in [0.15, 0.2) is 0 Å². The van der Waals surface area contributed by atoms with Crippen molar-refractivity contribution in [2.45, 2.75) is 65.2 Å². The Morgan fingerprint density at radius 3 is 2.56 bits per heavy atom. The minimum atomic E-state index is 0.188. The molecule has 1 amide bonds. The zero-order valence-electron chi connectivity index (χ0n) is 10.8. The first kappa shape index (κ1) is 13.3. The quantitative estimate of drug-likeness (QED) is 0.725. The smallest absolute Gasteiger partial charge is 0.247 e. The first-order chi connectivity index (χ1) is 7.75. The van der Waals surface area contributed by atoms with Gasteiger partial charge in [0.1, 0.15) is 0 Å². The van der Waals surface area contributed by atoms with Crippen LogP contribution in [-0.2, 0) is 4.79 Å². The van der Waals surface area contributed by atoms with E-state index in [1.165, 1.54) is 31.3 Å². The number of hydrogen-bond acceptors (Lipinski definition) is 1. The Morgan fingerprint density at radius 2 is 1.88 bits per heavy atom. The van der Waals surface area contributed by atoms with Gasteiger partial charge in [-0.05, 0) is 39.0 Å². The van der Waals surface area contributed by atoms with Crippen molar-refractivity contribution >= 4 is 5.91 Å². The van der Waals surface area contributed by atoms with Crippen molar-refractivity contribution in [3.05, 3.63) is 11.1 Å². The van der Waals surface area contributed by atoms with Crippen molar-refractivity contribution in [2.24, 2.45) is 0 Å². The highest BCUT2D eigenvalue weighted by atomic mass is 16.1. The zero-order chi connectivity index (χ0) is 11.8. The van der Waals surface area contributed by atoms with Crippen LogP contribution in [0.4, 0.5) is 0 Å². The predicted octanol–water partition coefficient (Wildman–Crippen LogP) is 3.57. The molecule has 1 rings (SSSR count). The van der Waals surface area contributed by atoms with Crippen LogP contribution >= 0.6 is 0 Å². The van der Waals surface area contributed by atoms with Gasteiger partial charge < -0.3 is 5.32 Å². The van der Waals surface area contributed by atoms with Gasteiger partial charge in [-0.3, -0.25) is 4.79 Å². The first-order valence-electron chi connectivity index (χ1n) is 6.72. The molecule has 0 saturated heterocycles. The highest BCUT2D eigenvalue weighted by Crippen LogP contribution is 2.22. The lowest BCUT2D eigenvalue weighted by atomic mass is 9.94. The van der Waals surface area contributed by atoms with E-state index in [1.807, 2.05) is 0 Å². The van der Waals surface area contributed by atoms with Gasteiger partial charge in [0.25, 0.3) is 0 Å². The van der Waals surface area contributed by atoms with Crippen molar-refractivity contribution in [1.82, 2.24) is 5.32 Å². The van der Waals surface area contributed by atoms with Gasteiger partial charge in [0, 0.05) is 12.1 Å². The summed E-state index contributed by atoms with van der Waals surface area (Å²) >= 11 is 0. The van der Waals surface area contributed by atoms with Gasteiger partial charge in [0.05, 0.1) is 0 Å². The van der Waals surface area contributed by atoms with Crippen molar-refractivity contribution in [3.63, 3.8) is 0 Å².